The fourth-order valence-corrected chi connectivity index (χ4v) is 8.56. The molecule has 5 aliphatic rings. The van der Waals surface area contributed by atoms with E-state index in [4.69, 9.17) is 4.74 Å². The Morgan fingerprint density at radius 2 is 1.82 bits per heavy atom. The van der Waals surface area contributed by atoms with E-state index in [1.807, 2.05) is 0 Å². The zero-order valence-corrected chi connectivity index (χ0v) is 17.5. The van der Waals surface area contributed by atoms with Gasteiger partial charge in [0.2, 0.25) is 0 Å². The molecule has 0 aromatic carbocycles. The summed E-state index contributed by atoms with van der Waals surface area (Å²) in [7, 11) is 0. The molecule has 0 unspecified atom stereocenters. The molecule has 0 amide bonds. The largest absolute Gasteiger partial charge is 0.435 e. The van der Waals surface area contributed by atoms with Crippen LogP contribution in [0.1, 0.15) is 84.5 Å². The molecule has 4 saturated carbocycles. The maximum absolute atomic E-state index is 12.2. The molecular weight excluding hydrogens is 352 g/mol. The molecule has 28 heavy (non-hydrogen) atoms. The van der Waals surface area contributed by atoms with Gasteiger partial charge >= 0.3 is 5.97 Å². The van der Waals surface area contributed by atoms with Crippen LogP contribution < -0.4 is 0 Å². The Labute approximate surface area is 168 Å². The zero-order chi connectivity index (χ0) is 19.7. The molecule has 2 N–H and O–H groups in total. The quantitative estimate of drug-likeness (QED) is 0.656. The maximum atomic E-state index is 12.2. The molecule has 0 spiro atoms. The lowest BCUT2D eigenvalue weighted by atomic mass is 9.43. The number of carbonyl (C=O) groups is 1. The number of aliphatic hydroxyl groups is 2. The third kappa shape index (κ3) is 2.46. The predicted octanol–water partition coefficient (Wildman–Crippen LogP) is 4.34. The highest BCUT2D eigenvalue weighted by Crippen LogP contribution is 2.70. The van der Waals surface area contributed by atoms with Crippen molar-refractivity contribution in [3.8, 4) is 0 Å². The van der Waals surface area contributed by atoms with E-state index in [0.29, 0.717) is 30.1 Å². The molecule has 4 nitrogen and oxygen atoms in total. The Morgan fingerprint density at radius 1 is 1.00 bits per heavy atom. The molecule has 0 radical (unpaired) electrons. The van der Waals surface area contributed by atoms with Crippen LogP contribution in [-0.4, -0.2) is 27.9 Å². The average molecular weight is 389 g/mol. The Balaban J connectivity index is 1.45. The van der Waals surface area contributed by atoms with E-state index >= 15 is 0 Å². The van der Waals surface area contributed by atoms with Crippen molar-refractivity contribution in [2.45, 2.75) is 96.2 Å². The van der Waals surface area contributed by atoms with Crippen molar-refractivity contribution >= 4 is 5.97 Å². The minimum Gasteiger partial charge on any atom is -0.435 e. The van der Waals surface area contributed by atoms with Crippen molar-refractivity contribution in [2.24, 2.45) is 34.5 Å². The van der Waals surface area contributed by atoms with Gasteiger partial charge in [0.1, 0.15) is 0 Å². The van der Waals surface area contributed by atoms with Gasteiger partial charge in [-0.25, -0.2) is 0 Å². The molecule has 8 atom stereocenters. The van der Waals surface area contributed by atoms with Crippen molar-refractivity contribution in [2.75, 3.05) is 0 Å². The Kier molecular flexibility index (Phi) is 4.31. The summed E-state index contributed by atoms with van der Waals surface area (Å²) in [6, 6.07) is 0. The minimum atomic E-state index is -0.604. The van der Waals surface area contributed by atoms with Gasteiger partial charge in [0.05, 0.1) is 18.0 Å². The van der Waals surface area contributed by atoms with Crippen LogP contribution in [0.25, 0.3) is 0 Å². The van der Waals surface area contributed by atoms with E-state index in [1.165, 1.54) is 12.0 Å². The van der Waals surface area contributed by atoms with Crippen molar-refractivity contribution in [1.29, 1.82) is 0 Å². The fourth-order valence-electron chi connectivity index (χ4n) is 8.56. The van der Waals surface area contributed by atoms with Gasteiger partial charge in [-0.15, -0.1) is 0 Å². The molecule has 156 valence electrons. The van der Waals surface area contributed by atoms with Crippen molar-refractivity contribution in [3.63, 3.8) is 0 Å². The second-order valence-electron chi connectivity index (χ2n) is 11.1. The average Bonchev–Trinajstić information content (AvgIpc) is 2.95. The lowest BCUT2D eigenvalue weighted by Gasteiger charge is -2.63. The molecular formula is C24H36O4. The fraction of sp³-hybridized carbons (Fsp3) is 0.875. The van der Waals surface area contributed by atoms with Gasteiger partial charge in [0, 0.05) is 11.8 Å². The summed E-state index contributed by atoms with van der Waals surface area (Å²) in [5.41, 5.74) is 0.808. The number of esters is 1. The van der Waals surface area contributed by atoms with E-state index in [2.05, 4.69) is 13.8 Å². The first-order chi connectivity index (χ1) is 13.3. The van der Waals surface area contributed by atoms with Crippen molar-refractivity contribution in [3.05, 3.63) is 11.8 Å². The number of hydrogen-bond donors (Lipinski definition) is 2. The summed E-state index contributed by atoms with van der Waals surface area (Å²) in [6.07, 6.45) is 12.2. The molecule has 4 heteroatoms. The summed E-state index contributed by atoms with van der Waals surface area (Å²) in [5, 5.41) is 22.4. The first-order valence-corrected chi connectivity index (χ1v) is 11.6. The molecule has 4 aliphatic carbocycles. The third-order valence-corrected chi connectivity index (χ3v) is 10.2. The van der Waals surface area contributed by atoms with Crippen LogP contribution >= 0.6 is 0 Å². The Hall–Kier alpha value is -0.870. The number of hydrogen-bond acceptors (Lipinski definition) is 4. The molecule has 0 aromatic heterocycles. The van der Waals surface area contributed by atoms with Crippen LogP contribution in [0.5, 0.6) is 0 Å². The second kappa shape index (κ2) is 6.31. The highest BCUT2D eigenvalue weighted by Gasteiger charge is 2.67. The summed E-state index contributed by atoms with van der Waals surface area (Å²) in [5.74, 6) is 1.78. The SMILES string of the molecule is C[C@]12CC[C@H](O)C[C@H]1CC[C@@H]1[C@@H]2CC[C@]2(C)[C@@H](C3=COC(=O)CC3)CC[C@]12O. The third-order valence-electron chi connectivity index (χ3n) is 10.2. The second-order valence-corrected chi connectivity index (χ2v) is 11.1. The zero-order valence-electron chi connectivity index (χ0n) is 17.5. The number of aliphatic hydroxyl groups excluding tert-OH is 1. The lowest BCUT2D eigenvalue weighted by Crippen LogP contribution is -2.62. The number of rotatable bonds is 1. The predicted molar refractivity (Wildman–Crippen MR) is 106 cm³/mol. The van der Waals surface area contributed by atoms with Gasteiger partial charge in [0.25, 0.3) is 0 Å². The summed E-state index contributed by atoms with van der Waals surface area (Å²) in [4.78, 5) is 11.5. The van der Waals surface area contributed by atoms with Gasteiger partial charge in [-0.05, 0) is 98.9 Å². The highest BCUT2D eigenvalue weighted by atomic mass is 16.5. The summed E-state index contributed by atoms with van der Waals surface area (Å²) in [6.45, 7) is 4.78. The van der Waals surface area contributed by atoms with Gasteiger partial charge in [-0.3, -0.25) is 4.79 Å². The summed E-state index contributed by atoms with van der Waals surface area (Å²) >= 11 is 0. The number of ether oxygens (including phenoxy) is 1. The molecule has 5 rings (SSSR count). The van der Waals surface area contributed by atoms with Crippen LogP contribution in [0, 0.1) is 34.5 Å². The molecule has 1 aliphatic heterocycles. The van der Waals surface area contributed by atoms with Gasteiger partial charge in [-0.2, -0.15) is 0 Å². The summed E-state index contributed by atoms with van der Waals surface area (Å²) < 4.78 is 5.26. The number of carbonyl (C=O) groups excluding carboxylic acids is 1. The maximum Gasteiger partial charge on any atom is 0.310 e. The van der Waals surface area contributed by atoms with E-state index in [1.54, 1.807) is 6.26 Å². The van der Waals surface area contributed by atoms with Crippen molar-refractivity contribution in [1.82, 2.24) is 0 Å². The first-order valence-electron chi connectivity index (χ1n) is 11.6. The number of allylic oxidation sites excluding steroid dienone is 1. The van der Waals surface area contributed by atoms with E-state index in [0.717, 1.165) is 57.8 Å². The van der Waals surface area contributed by atoms with Gasteiger partial charge < -0.3 is 14.9 Å². The van der Waals surface area contributed by atoms with Crippen LogP contribution in [0.4, 0.5) is 0 Å². The Morgan fingerprint density at radius 3 is 2.57 bits per heavy atom. The van der Waals surface area contributed by atoms with Gasteiger partial charge in [0.15, 0.2) is 0 Å². The normalized spacial score (nSPS) is 53.5. The number of fused-ring (bicyclic) bond motifs is 5. The lowest BCUT2D eigenvalue weighted by molar-refractivity contribution is -0.208. The van der Waals surface area contributed by atoms with E-state index < -0.39 is 5.60 Å². The van der Waals surface area contributed by atoms with Gasteiger partial charge in [-0.1, -0.05) is 13.8 Å². The van der Waals surface area contributed by atoms with E-state index in [-0.39, 0.29) is 22.9 Å². The standard InChI is InChI=1S/C24H36O4/c1-22-10-7-17(25)13-16(22)4-5-20-19(22)8-11-23(2)18(9-12-24(20,23)27)15-3-6-21(26)28-14-15/h14,16-20,25,27H,3-13H2,1-2H3/t16-,17+,18-,19+,20-,22+,23-,24+/m1/s1. The molecule has 1 heterocycles. The minimum absolute atomic E-state index is 0.110. The monoisotopic (exact) mass is 388 g/mol. The Bertz CT molecular complexity index is 701. The topological polar surface area (TPSA) is 66.8 Å². The number of cyclic esters (lactones) is 1. The van der Waals surface area contributed by atoms with Crippen LogP contribution in [0.3, 0.4) is 0 Å². The molecule has 0 saturated heterocycles. The first kappa shape index (κ1) is 19.1. The highest BCUT2D eigenvalue weighted by molar-refractivity contribution is 5.71. The van der Waals surface area contributed by atoms with Crippen LogP contribution in [0.2, 0.25) is 0 Å². The van der Waals surface area contributed by atoms with Crippen molar-refractivity contribution < 1.29 is 19.7 Å². The molecule has 4 fully saturated rings. The van der Waals surface area contributed by atoms with Crippen LogP contribution in [-0.2, 0) is 9.53 Å². The van der Waals surface area contributed by atoms with Crippen LogP contribution in [0.15, 0.2) is 11.8 Å². The molecule has 0 aromatic rings. The van der Waals surface area contributed by atoms with E-state index in [9.17, 15) is 15.0 Å². The molecule has 0 bridgehead atoms. The smallest absolute Gasteiger partial charge is 0.310 e.